The van der Waals surface area contributed by atoms with E-state index in [0.717, 1.165) is 75.7 Å². The molecule has 178 valence electrons. The van der Waals surface area contributed by atoms with E-state index in [2.05, 4.69) is 10.1 Å². The van der Waals surface area contributed by atoms with Crippen molar-refractivity contribution in [2.24, 2.45) is 23.7 Å². The summed E-state index contributed by atoms with van der Waals surface area (Å²) >= 11 is 0. The van der Waals surface area contributed by atoms with E-state index in [1.54, 1.807) is 11.0 Å². The topological polar surface area (TPSA) is 66.7 Å². The first-order valence-electron chi connectivity index (χ1n) is 12.2. The van der Waals surface area contributed by atoms with Crippen LogP contribution in [0.5, 0.6) is 0 Å². The minimum atomic E-state index is -0.303. The van der Waals surface area contributed by atoms with Crippen LogP contribution < -0.4 is 0 Å². The van der Waals surface area contributed by atoms with Crippen LogP contribution in [0.3, 0.4) is 0 Å². The fourth-order valence-corrected chi connectivity index (χ4v) is 6.95. The minimum Gasteiger partial charge on any atom is -0.356 e. The molecule has 2 saturated carbocycles. The molecule has 2 aliphatic heterocycles. The summed E-state index contributed by atoms with van der Waals surface area (Å²) in [5.74, 6) is 1.21. The average Bonchev–Trinajstić information content (AvgIpc) is 3.56. The van der Waals surface area contributed by atoms with E-state index in [1.165, 1.54) is 12.1 Å². The Morgan fingerprint density at radius 1 is 0.970 bits per heavy atom. The van der Waals surface area contributed by atoms with Gasteiger partial charge in [-0.25, -0.2) is 4.39 Å². The largest absolute Gasteiger partial charge is 0.356 e. The third-order valence-electron chi connectivity index (χ3n) is 8.56. The van der Waals surface area contributed by atoms with Crippen LogP contribution in [0.15, 0.2) is 22.7 Å². The van der Waals surface area contributed by atoms with Crippen molar-refractivity contribution in [3.63, 3.8) is 0 Å². The van der Waals surface area contributed by atoms with Gasteiger partial charge in [-0.15, -0.1) is 12.4 Å². The lowest BCUT2D eigenvalue weighted by molar-refractivity contribution is -0.140. The van der Waals surface area contributed by atoms with Crippen molar-refractivity contribution in [3.8, 4) is 0 Å². The normalized spacial score (nSPS) is 29.8. The molecule has 4 fully saturated rings. The van der Waals surface area contributed by atoms with Gasteiger partial charge in [0.15, 0.2) is 5.58 Å². The maximum Gasteiger partial charge on any atom is 0.233 e. The van der Waals surface area contributed by atoms with Crippen molar-refractivity contribution < 1.29 is 18.5 Å². The number of rotatable bonds is 6. The number of unbranched alkanes of at least 4 members (excludes halogenated alkanes) is 1. The van der Waals surface area contributed by atoms with Gasteiger partial charge in [-0.05, 0) is 88.5 Å². The van der Waals surface area contributed by atoms with Gasteiger partial charge in [0.05, 0.1) is 17.5 Å². The first-order chi connectivity index (χ1) is 15.6. The third kappa shape index (κ3) is 3.87. The van der Waals surface area contributed by atoms with E-state index in [1.807, 2.05) is 0 Å². The molecule has 8 heteroatoms. The molecule has 4 aliphatic rings. The maximum absolute atomic E-state index is 13.4. The number of likely N-dealkylation sites (tertiary alicyclic amines) is 2. The second-order valence-electron chi connectivity index (χ2n) is 10.2. The summed E-state index contributed by atoms with van der Waals surface area (Å²) in [6, 6.07) is 4.63. The smallest absolute Gasteiger partial charge is 0.233 e. The number of aromatic nitrogens is 1. The highest BCUT2D eigenvalue weighted by atomic mass is 35.5. The number of hydrogen-bond acceptors (Lipinski definition) is 5. The molecule has 33 heavy (non-hydrogen) atoms. The Morgan fingerprint density at radius 3 is 2.33 bits per heavy atom. The van der Waals surface area contributed by atoms with Crippen LogP contribution >= 0.6 is 12.4 Å². The maximum atomic E-state index is 13.4. The summed E-state index contributed by atoms with van der Waals surface area (Å²) in [6.07, 6.45) is 7.26. The molecule has 0 radical (unpaired) electrons. The van der Waals surface area contributed by atoms with Gasteiger partial charge in [0.2, 0.25) is 11.8 Å². The van der Waals surface area contributed by atoms with E-state index in [0.29, 0.717) is 29.9 Å². The van der Waals surface area contributed by atoms with E-state index >= 15 is 0 Å². The molecule has 6 rings (SSSR count). The summed E-state index contributed by atoms with van der Waals surface area (Å²) in [4.78, 5) is 29.7. The standard InChI is InChI=1S/C25H30FN3O3.ClH/c26-18-5-6-19-20(14-18)32-27-23(19)15-7-11-28(12-8-15)9-1-2-10-29-24(30)21-16-3-4-17(13-16)22(21)25(29)31;/h5-6,14-17,21-22H,1-4,7-13H2;1H. The number of benzene rings is 1. The molecular formula is C25H31ClFN3O3. The number of halogens is 2. The molecule has 4 unspecified atom stereocenters. The number of hydrogen-bond donors (Lipinski definition) is 0. The van der Waals surface area contributed by atoms with Gasteiger partial charge in [-0.3, -0.25) is 14.5 Å². The van der Waals surface area contributed by atoms with Crippen LogP contribution in [0.2, 0.25) is 0 Å². The fraction of sp³-hybridized carbons (Fsp3) is 0.640. The molecule has 2 saturated heterocycles. The lowest BCUT2D eigenvalue weighted by atomic mass is 9.81. The van der Waals surface area contributed by atoms with Gasteiger partial charge in [-0.2, -0.15) is 0 Å². The second-order valence-corrected chi connectivity index (χ2v) is 10.2. The number of nitrogens with zero attached hydrogens (tertiary/aromatic N) is 3. The Bertz CT molecular complexity index is 1020. The fourth-order valence-electron chi connectivity index (χ4n) is 6.95. The van der Waals surface area contributed by atoms with Crippen LogP contribution in [-0.4, -0.2) is 52.9 Å². The highest BCUT2D eigenvalue weighted by Gasteiger charge is 2.60. The second kappa shape index (κ2) is 8.99. The highest BCUT2D eigenvalue weighted by molar-refractivity contribution is 6.06. The molecule has 1 aromatic heterocycles. The number of imide groups is 1. The van der Waals surface area contributed by atoms with Crippen LogP contribution in [0.1, 0.15) is 56.6 Å². The summed E-state index contributed by atoms with van der Waals surface area (Å²) in [5.41, 5.74) is 1.47. The first-order valence-corrected chi connectivity index (χ1v) is 12.2. The minimum absolute atomic E-state index is 0. The van der Waals surface area contributed by atoms with Gasteiger partial charge < -0.3 is 9.42 Å². The Kier molecular flexibility index (Phi) is 6.21. The predicted octanol–water partition coefficient (Wildman–Crippen LogP) is 4.38. The van der Waals surface area contributed by atoms with Crippen molar-refractivity contribution in [1.82, 2.24) is 15.0 Å². The lowest BCUT2D eigenvalue weighted by Gasteiger charge is -2.31. The Balaban J connectivity index is 0.00000228. The van der Waals surface area contributed by atoms with Gasteiger partial charge in [0.1, 0.15) is 5.82 Å². The van der Waals surface area contributed by atoms with E-state index in [-0.39, 0.29) is 41.9 Å². The molecule has 3 heterocycles. The Hall–Kier alpha value is -1.99. The predicted molar refractivity (Wildman–Crippen MR) is 123 cm³/mol. The number of carbonyl (C=O) groups is 2. The number of amides is 2. The third-order valence-corrected chi connectivity index (χ3v) is 8.56. The molecule has 6 nitrogen and oxygen atoms in total. The zero-order valence-electron chi connectivity index (χ0n) is 18.7. The summed E-state index contributed by atoms with van der Waals surface area (Å²) in [5, 5.41) is 5.15. The van der Waals surface area contributed by atoms with Crippen molar-refractivity contribution in [2.45, 2.75) is 50.9 Å². The van der Waals surface area contributed by atoms with Crippen LogP contribution in [0.25, 0.3) is 11.0 Å². The quantitative estimate of drug-likeness (QED) is 0.458. The zero-order chi connectivity index (χ0) is 21.8. The van der Waals surface area contributed by atoms with Crippen LogP contribution in [0, 0.1) is 29.5 Å². The SMILES string of the molecule is Cl.O=C1C2C3CCC(C3)C2C(=O)N1CCCCN1CCC(c2noc3cc(F)ccc23)CC1. The zero-order valence-corrected chi connectivity index (χ0v) is 19.6. The lowest BCUT2D eigenvalue weighted by Crippen LogP contribution is -2.36. The van der Waals surface area contributed by atoms with Crippen molar-refractivity contribution in [1.29, 1.82) is 0 Å². The van der Waals surface area contributed by atoms with Gasteiger partial charge >= 0.3 is 0 Å². The molecule has 2 aromatic rings. The van der Waals surface area contributed by atoms with E-state index in [9.17, 15) is 14.0 Å². The molecule has 2 bridgehead atoms. The molecule has 0 N–H and O–H groups in total. The van der Waals surface area contributed by atoms with Crippen molar-refractivity contribution in [3.05, 3.63) is 29.7 Å². The highest BCUT2D eigenvalue weighted by Crippen LogP contribution is 2.56. The molecule has 4 atom stereocenters. The van der Waals surface area contributed by atoms with Gasteiger partial charge in [-0.1, -0.05) is 5.16 Å². The van der Waals surface area contributed by atoms with Crippen LogP contribution in [-0.2, 0) is 9.59 Å². The average molecular weight is 476 g/mol. The molecular weight excluding hydrogens is 445 g/mol. The Labute approximate surface area is 199 Å². The van der Waals surface area contributed by atoms with Crippen LogP contribution in [0.4, 0.5) is 4.39 Å². The van der Waals surface area contributed by atoms with Crippen molar-refractivity contribution in [2.75, 3.05) is 26.2 Å². The molecule has 0 spiro atoms. The Morgan fingerprint density at radius 2 is 1.64 bits per heavy atom. The van der Waals surface area contributed by atoms with Gasteiger partial charge in [0, 0.05) is 23.9 Å². The molecule has 2 aliphatic carbocycles. The van der Waals surface area contributed by atoms with E-state index < -0.39 is 0 Å². The number of carbonyl (C=O) groups excluding carboxylic acids is 2. The number of piperidine rings is 1. The first kappa shape index (κ1) is 22.8. The van der Waals surface area contributed by atoms with Crippen molar-refractivity contribution >= 4 is 35.2 Å². The van der Waals surface area contributed by atoms with E-state index in [4.69, 9.17) is 4.52 Å². The molecule has 2 amide bonds. The van der Waals surface area contributed by atoms with Gasteiger partial charge in [0.25, 0.3) is 0 Å². The number of fused-ring (bicyclic) bond motifs is 6. The summed E-state index contributed by atoms with van der Waals surface area (Å²) in [6.45, 7) is 3.57. The summed E-state index contributed by atoms with van der Waals surface area (Å²) < 4.78 is 18.7. The monoisotopic (exact) mass is 475 g/mol. The summed E-state index contributed by atoms with van der Waals surface area (Å²) in [7, 11) is 0. The molecule has 1 aromatic carbocycles.